The summed E-state index contributed by atoms with van der Waals surface area (Å²) in [7, 11) is 0. The molecule has 7 rings (SSSR count). The highest BCUT2D eigenvalue weighted by Gasteiger charge is 2.39. The predicted octanol–water partition coefficient (Wildman–Crippen LogP) is 4.17. The van der Waals surface area contributed by atoms with Gasteiger partial charge in [0, 0.05) is 31.2 Å². The molecule has 1 aliphatic heterocycles. The molecule has 2 aromatic heterocycles. The number of halogens is 2. The number of nitrogens with zero attached hydrogens (tertiary/aromatic N) is 5. The van der Waals surface area contributed by atoms with Crippen LogP contribution in [0, 0.1) is 11.8 Å². The molecule has 4 fully saturated rings. The van der Waals surface area contributed by atoms with Gasteiger partial charge in [-0.3, -0.25) is 9.36 Å². The van der Waals surface area contributed by atoms with E-state index < -0.39 is 6.43 Å². The Morgan fingerprint density at radius 3 is 2.58 bits per heavy atom. The van der Waals surface area contributed by atoms with Gasteiger partial charge in [0.1, 0.15) is 11.9 Å². The number of imidazole rings is 1. The number of morpholine rings is 1. The molecule has 1 aromatic carbocycles. The number of amides is 1. The molecular formula is C31H39F2N7O3. The van der Waals surface area contributed by atoms with Crippen molar-refractivity contribution in [3.63, 3.8) is 0 Å². The first-order valence-electron chi connectivity index (χ1n) is 15.7. The van der Waals surface area contributed by atoms with Crippen molar-refractivity contribution in [1.29, 1.82) is 0 Å². The summed E-state index contributed by atoms with van der Waals surface area (Å²) in [6, 6.07) is 9.27. The van der Waals surface area contributed by atoms with Crippen LogP contribution in [0.15, 0.2) is 30.3 Å². The molecule has 1 saturated heterocycles. The number of hydrogen-bond donors (Lipinski definition) is 2. The summed E-state index contributed by atoms with van der Waals surface area (Å²) in [5.41, 5.74) is 1.01. The van der Waals surface area contributed by atoms with E-state index in [1.54, 1.807) is 30.3 Å². The average molecular weight is 596 g/mol. The van der Waals surface area contributed by atoms with Crippen molar-refractivity contribution in [3.05, 3.63) is 36.2 Å². The number of ether oxygens (including phenoxy) is 2. The van der Waals surface area contributed by atoms with Crippen LogP contribution in [0.1, 0.15) is 63.6 Å². The molecule has 0 unspecified atom stereocenters. The van der Waals surface area contributed by atoms with Gasteiger partial charge in [-0.05, 0) is 68.9 Å². The fourth-order valence-electron chi connectivity index (χ4n) is 7.41. The molecule has 1 amide bonds. The molecule has 12 heteroatoms. The van der Waals surface area contributed by atoms with E-state index in [-0.39, 0.29) is 23.9 Å². The zero-order valence-corrected chi connectivity index (χ0v) is 24.3. The van der Waals surface area contributed by atoms with E-state index in [1.807, 2.05) is 4.90 Å². The van der Waals surface area contributed by atoms with Gasteiger partial charge < -0.3 is 25.0 Å². The van der Waals surface area contributed by atoms with Crippen molar-refractivity contribution < 1.29 is 23.0 Å². The van der Waals surface area contributed by atoms with Gasteiger partial charge in [-0.2, -0.15) is 9.97 Å². The third-order valence-electron chi connectivity index (χ3n) is 9.57. The van der Waals surface area contributed by atoms with Crippen molar-refractivity contribution in [2.75, 3.05) is 37.7 Å². The highest BCUT2D eigenvalue weighted by atomic mass is 19.3. The predicted molar refractivity (Wildman–Crippen MR) is 157 cm³/mol. The van der Waals surface area contributed by atoms with E-state index in [2.05, 4.69) is 15.6 Å². The first-order valence-corrected chi connectivity index (χ1v) is 15.7. The summed E-state index contributed by atoms with van der Waals surface area (Å²) in [6.45, 7) is 2.63. The van der Waals surface area contributed by atoms with Gasteiger partial charge in [0.05, 0.1) is 30.8 Å². The fraction of sp³-hybridized carbons (Fsp3) is 0.613. The molecule has 3 saturated carbocycles. The third kappa shape index (κ3) is 6.17. The Kier molecular flexibility index (Phi) is 8.13. The molecular weight excluding hydrogens is 556 g/mol. The molecule has 10 nitrogen and oxygen atoms in total. The minimum Gasteiger partial charge on any atom is -0.474 e. The number of anilines is 1. The van der Waals surface area contributed by atoms with Crippen molar-refractivity contribution in [1.82, 2.24) is 30.2 Å². The number of aromatic nitrogens is 4. The first-order chi connectivity index (χ1) is 21.0. The quantitative estimate of drug-likeness (QED) is 0.380. The lowest BCUT2D eigenvalue weighted by Crippen LogP contribution is -2.46. The number of hydrogen-bond acceptors (Lipinski definition) is 8. The minimum absolute atomic E-state index is 0.0603. The van der Waals surface area contributed by atoms with Crippen LogP contribution in [-0.2, 0) is 9.53 Å². The van der Waals surface area contributed by atoms with Gasteiger partial charge in [-0.15, -0.1) is 0 Å². The van der Waals surface area contributed by atoms with Gasteiger partial charge in [0.15, 0.2) is 5.82 Å². The number of benzene rings is 1. The van der Waals surface area contributed by atoms with Crippen molar-refractivity contribution in [3.8, 4) is 11.7 Å². The Balaban J connectivity index is 1.03. The van der Waals surface area contributed by atoms with E-state index in [9.17, 15) is 13.6 Å². The van der Waals surface area contributed by atoms with Gasteiger partial charge in [0.2, 0.25) is 17.7 Å². The fourth-order valence-corrected chi connectivity index (χ4v) is 7.41. The number of carbonyl (C=O) groups excluding carboxylic acids is 1. The minimum atomic E-state index is -2.78. The Labute approximate surface area is 249 Å². The van der Waals surface area contributed by atoms with Crippen molar-refractivity contribution in [2.24, 2.45) is 11.8 Å². The summed E-state index contributed by atoms with van der Waals surface area (Å²) in [4.78, 5) is 28.2. The number of carbonyl (C=O) groups is 1. The molecule has 0 radical (unpaired) electrons. The highest BCUT2D eigenvalue weighted by molar-refractivity contribution is 5.78. The van der Waals surface area contributed by atoms with Crippen LogP contribution in [0.2, 0.25) is 0 Å². The van der Waals surface area contributed by atoms with E-state index in [4.69, 9.17) is 19.4 Å². The molecule has 2 N–H and O–H groups in total. The maximum Gasteiger partial charge on any atom is 0.296 e. The molecule has 3 aromatic rings. The van der Waals surface area contributed by atoms with Crippen LogP contribution in [0.3, 0.4) is 0 Å². The monoisotopic (exact) mass is 595 g/mol. The lowest BCUT2D eigenvalue weighted by molar-refractivity contribution is -0.121. The number of fused-ring (bicyclic) bond motifs is 3. The summed E-state index contributed by atoms with van der Waals surface area (Å²) < 4.78 is 41.6. The molecule has 3 heterocycles. The Morgan fingerprint density at radius 1 is 1.02 bits per heavy atom. The number of para-hydroxylation sites is 2. The summed E-state index contributed by atoms with van der Waals surface area (Å²) in [5, 5.41) is 6.70. The largest absolute Gasteiger partial charge is 0.474 e. The zero-order valence-electron chi connectivity index (χ0n) is 24.3. The second-order valence-corrected chi connectivity index (χ2v) is 12.4. The van der Waals surface area contributed by atoms with Crippen LogP contribution in [-0.4, -0.2) is 76.5 Å². The maximum atomic E-state index is 14.2. The Bertz CT molecular complexity index is 1440. The van der Waals surface area contributed by atoms with Gasteiger partial charge in [0.25, 0.3) is 6.43 Å². The van der Waals surface area contributed by atoms with Gasteiger partial charge >= 0.3 is 0 Å². The number of rotatable bonds is 9. The SMILES string of the molecule is O=C(CN[C@H]1C[C@H]2CC[C@@H]1C2)N[C@H]1CC[C@H](Oc2cc(-n3c(C(F)F)nc4ccccc43)nc(N3CCOCC3)n2)CC1. The van der Waals surface area contributed by atoms with Crippen LogP contribution < -0.4 is 20.3 Å². The normalized spacial score (nSPS) is 27.2. The van der Waals surface area contributed by atoms with Gasteiger partial charge in [-0.1, -0.05) is 18.6 Å². The van der Waals surface area contributed by atoms with Crippen LogP contribution in [0.4, 0.5) is 14.7 Å². The van der Waals surface area contributed by atoms with E-state index in [0.29, 0.717) is 67.6 Å². The highest BCUT2D eigenvalue weighted by Crippen LogP contribution is 2.44. The third-order valence-corrected chi connectivity index (χ3v) is 9.57. The molecule has 4 aliphatic rings. The average Bonchev–Trinajstić information content (AvgIpc) is 3.76. The van der Waals surface area contributed by atoms with Gasteiger partial charge in [-0.25, -0.2) is 13.8 Å². The smallest absolute Gasteiger partial charge is 0.296 e. The molecule has 2 bridgehead atoms. The Morgan fingerprint density at radius 2 is 1.84 bits per heavy atom. The number of nitrogens with one attached hydrogen (secondary N) is 2. The summed E-state index contributed by atoms with van der Waals surface area (Å²) in [6.07, 6.45) is 5.41. The molecule has 0 spiro atoms. The molecule has 3 atom stereocenters. The molecule has 230 valence electrons. The van der Waals surface area contributed by atoms with E-state index >= 15 is 0 Å². The summed E-state index contributed by atoms with van der Waals surface area (Å²) in [5.74, 6) is 2.33. The second kappa shape index (κ2) is 12.3. The van der Waals surface area contributed by atoms with E-state index in [0.717, 1.165) is 37.5 Å². The van der Waals surface area contributed by atoms with Crippen molar-refractivity contribution >= 4 is 22.9 Å². The van der Waals surface area contributed by atoms with E-state index in [1.165, 1.54) is 30.3 Å². The lowest BCUT2D eigenvalue weighted by Gasteiger charge is -2.30. The van der Waals surface area contributed by atoms with Crippen LogP contribution in [0.25, 0.3) is 16.9 Å². The van der Waals surface area contributed by atoms with Crippen LogP contribution in [0.5, 0.6) is 5.88 Å². The lowest BCUT2D eigenvalue weighted by atomic mass is 9.93. The van der Waals surface area contributed by atoms with Crippen molar-refractivity contribution in [2.45, 2.75) is 76.0 Å². The first kappa shape index (κ1) is 28.4. The summed E-state index contributed by atoms with van der Waals surface area (Å²) >= 11 is 0. The molecule has 43 heavy (non-hydrogen) atoms. The maximum absolute atomic E-state index is 14.2. The zero-order chi connectivity index (χ0) is 29.3. The second-order valence-electron chi connectivity index (χ2n) is 12.4. The Hall–Kier alpha value is -3.38. The van der Waals surface area contributed by atoms with Crippen LogP contribution >= 0.6 is 0 Å². The topological polar surface area (TPSA) is 106 Å². The molecule has 3 aliphatic carbocycles. The number of alkyl halides is 2. The standard InChI is InChI=1S/C31H39F2N7O3/c32-29(33)30-36-23-3-1-2-4-25(23)40(30)26-17-28(38-31(37-26)39-11-13-42-14-12-39)43-22-9-7-21(8-10-22)35-27(41)18-34-24-16-19-5-6-20(24)15-19/h1-4,17,19-22,24,29,34H,5-16,18H2,(H,35,41)/t19-,20+,21-,22-,24-/m0/s1.